The Hall–Kier alpha value is -1.59. The van der Waals surface area contributed by atoms with E-state index in [-0.39, 0.29) is 10.6 Å². The Morgan fingerprint density at radius 1 is 1.00 bits per heavy atom. The fourth-order valence-corrected chi connectivity index (χ4v) is 3.75. The molecule has 0 bridgehead atoms. The standard InChI is InChI=1S/C18H24O4S/c1-2-3-4-5-6-7-11-15-13-14-10-8-9-12-16(14)18(17(15)19)23(20,21)22/h8-10,12-13,19H,2-7,11H2,1H3,(H,20,21,22). The summed E-state index contributed by atoms with van der Waals surface area (Å²) in [4.78, 5) is -0.378. The lowest BCUT2D eigenvalue weighted by Crippen LogP contribution is -2.02. The molecule has 0 saturated heterocycles. The van der Waals surface area contributed by atoms with Gasteiger partial charge in [-0.15, -0.1) is 0 Å². The van der Waals surface area contributed by atoms with Gasteiger partial charge in [0.2, 0.25) is 0 Å². The van der Waals surface area contributed by atoms with Gasteiger partial charge in [-0.25, -0.2) is 0 Å². The van der Waals surface area contributed by atoms with Gasteiger partial charge in [-0.05, 0) is 29.9 Å². The van der Waals surface area contributed by atoms with Gasteiger partial charge in [0.15, 0.2) is 0 Å². The minimum absolute atomic E-state index is 0.320. The molecular weight excluding hydrogens is 312 g/mol. The van der Waals surface area contributed by atoms with Crippen molar-refractivity contribution in [2.24, 2.45) is 0 Å². The molecule has 0 amide bonds. The van der Waals surface area contributed by atoms with Gasteiger partial charge >= 0.3 is 0 Å². The fraction of sp³-hybridized carbons (Fsp3) is 0.444. The van der Waals surface area contributed by atoms with Crippen LogP contribution in [0.4, 0.5) is 0 Å². The third kappa shape index (κ3) is 4.45. The summed E-state index contributed by atoms with van der Waals surface area (Å²) in [5, 5.41) is 11.4. The van der Waals surface area contributed by atoms with Gasteiger partial charge < -0.3 is 5.11 Å². The van der Waals surface area contributed by atoms with Crippen LogP contribution in [0.3, 0.4) is 0 Å². The first-order chi connectivity index (χ1) is 10.9. The van der Waals surface area contributed by atoms with Gasteiger partial charge in [0, 0.05) is 5.39 Å². The highest BCUT2D eigenvalue weighted by Gasteiger charge is 2.22. The quantitative estimate of drug-likeness (QED) is 0.541. The van der Waals surface area contributed by atoms with Crippen molar-refractivity contribution in [3.05, 3.63) is 35.9 Å². The van der Waals surface area contributed by atoms with E-state index in [1.165, 1.54) is 19.3 Å². The number of aryl methyl sites for hydroxylation is 1. The molecule has 2 N–H and O–H groups in total. The second-order valence-corrected chi connectivity index (χ2v) is 7.29. The smallest absolute Gasteiger partial charge is 0.298 e. The summed E-state index contributed by atoms with van der Waals surface area (Å²) in [6, 6.07) is 8.68. The number of benzene rings is 2. The van der Waals surface area contributed by atoms with E-state index in [9.17, 15) is 18.1 Å². The third-order valence-electron chi connectivity index (χ3n) is 4.11. The maximum atomic E-state index is 11.7. The van der Waals surface area contributed by atoms with Gasteiger partial charge in [0.25, 0.3) is 10.1 Å². The Balaban J connectivity index is 2.25. The highest BCUT2D eigenvalue weighted by Crippen LogP contribution is 2.35. The molecule has 0 spiro atoms. The summed E-state index contributed by atoms with van der Waals surface area (Å²) in [5.74, 6) is -0.320. The zero-order chi connectivity index (χ0) is 16.9. The maximum absolute atomic E-state index is 11.7. The van der Waals surface area contributed by atoms with E-state index in [1.54, 1.807) is 18.2 Å². The average Bonchev–Trinajstić information content (AvgIpc) is 2.49. The summed E-state index contributed by atoms with van der Waals surface area (Å²) in [7, 11) is -4.48. The van der Waals surface area contributed by atoms with E-state index in [0.29, 0.717) is 22.8 Å². The number of phenols is 1. The number of fused-ring (bicyclic) bond motifs is 1. The molecule has 126 valence electrons. The minimum Gasteiger partial charge on any atom is -0.506 e. The van der Waals surface area contributed by atoms with E-state index in [1.807, 2.05) is 12.1 Å². The van der Waals surface area contributed by atoms with Crippen molar-refractivity contribution < 1.29 is 18.1 Å². The second kappa shape index (κ2) is 7.79. The molecule has 5 heteroatoms. The van der Waals surface area contributed by atoms with E-state index in [0.717, 1.165) is 19.3 Å². The largest absolute Gasteiger partial charge is 0.506 e. The molecule has 2 aromatic rings. The molecule has 2 rings (SSSR count). The number of hydrogen-bond donors (Lipinski definition) is 2. The van der Waals surface area contributed by atoms with Crippen LogP contribution in [0.2, 0.25) is 0 Å². The van der Waals surface area contributed by atoms with Crippen LogP contribution in [-0.4, -0.2) is 18.1 Å². The average molecular weight is 336 g/mol. The van der Waals surface area contributed by atoms with Crippen molar-refractivity contribution in [3.8, 4) is 5.75 Å². The molecule has 0 aliphatic rings. The first-order valence-corrected chi connectivity index (χ1v) is 9.60. The number of unbranched alkanes of at least 4 members (excludes halogenated alkanes) is 5. The first kappa shape index (κ1) is 17.8. The SMILES string of the molecule is CCCCCCCCc1cc2ccccc2c(S(=O)(=O)O)c1O. The fourth-order valence-electron chi connectivity index (χ4n) is 2.91. The summed E-state index contributed by atoms with van der Waals surface area (Å²) in [6.07, 6.45) is 7.32. The molecule has 0 radical (unpaired) electrons. The molecular formula is C18H24O4S. The Labute approximate surface area is 137 Å². The summed E-state index contributed by atoms with van der Waals surface area (Å²) >= 11 is 0. The molecule has 4 nitrogen and oxygen atoms in total. The number of phenolic OH excluding ortho intramolecular Hbond substituents is 1. The summed E-state index contributed by atoms with van der Waals surface area (Å²) in [5.41, 5.74) is 0.576. The molecule has 0 atom stereocenters. The Morgan fingerprint density at radius 2 is 1.65 bits per heavy atom. The van der Waals surface area contributed by atoms with Crippen LogP contribution >= 0.6 is 0 Å². The van der Waals surface area contributed by atoms with Crippen LogP contribution in [0, 0.1) is 0 Å². The molecule has 0 aliphatic heterocycles. The first-order valence-electron chi connectivity index (χ1n) is 8.16. The minimum atomic E-state index is -4.48. The molecule has 0 aliphatic carbocycles. The predicted molar refractivity (Wildman–Crippen MR) is 92.5 cm³/mol. The van der Waals surface area contributed by atoms with Gasteiger partial charge in [-0.3, -0.25) is 4.55 Å². The van der Waals surface area contributed by atoms with Crippen LogP contribution in [0.25, 0.3) is 10.8 Å². The van der Waals surface area contributed by atoms with E-state index in [4.69, 9.17) is 0 Å². The molecule has 0 saturated carbocycles. The molecule has 0 fully saturated rings. The third-order valence-corrected chi connectivity index (χ3v) is 5.04. The lowest BCUT2D eigenvalue weighted by molar-refractivity contribution is 0.439. The highest BCUT2D eigenvalue weighted by molar-refractivity contribution is 7.86. The second-order valence-electron chi connectivity index (χ2n) is 5.93. The van der Waals surface area contributed by atoms with Crippen molar-refractivity contribution >= 4 is 20.9 Å². The zero-order valence-electron chi connectivity index (χ0n) is 13.5. The Morgan fingerprint density at radius 3 is 2.35 bits per heavy atom. The normalized spacial score (nSPS) is 11.9. The lowest BCUT2D eigenvalue weighted by Gasteiger charge is -2.12. The van der Waals surface area contributed by atoms with E-state index < -0.39 is 10.1 Å². The highest BCUT2D eigenvalue weighted by atomic mass is 32.2. The molecule has 0 aromatic heterocycles. The Kier molecular flexibility index (Phi) is 6.02. The summed E-state index contributed by atoms with van der Waals surface area (Å²) in [6.45, 7) is 2.17. The van der Waals surface area contributed by atoms with Crippen LogP contribution in [0.5, 0.6) is 5.75 Å². The number of hydrogen-bond acceptors (Lipinski definition) is 3. The molecule has 0 heterocycles. The van der Waals surface area contributed by atoms with E-state index >= 15 is 0 Å². The van der Waals surface area contributed by atoms with Crippen LogP contribution in [-0.2, 0) is 16.5 Å². The van der Waals surface area contributed by atoms with Crippen LogP contribution < -0.4 is 0 Å². The maximum Gasteiger partial charge on any atom is 0.298 e. The van der Waals surface area contributed by atoms with E-state index in [2.05, 4.69) is 6.92 Å². The molecule has 23 heavy (non-hydrogen) atoms. The molecule has 2 aromatic carbocycles. The van der Waals surface area contributed by atoms with Crippen molar-refractivity contribution in [2.45, 2.75) is 56.8 Å². The summed E-state index contributed by atoms with van der Waals surface area (Å²) < 4.78 is 32.8. The van der Waals surface area contributed by atoms with Crippen molar-refractivity contribution in [2.75, 3.05) is 0 Å². The number of aromatic hydroxyl groups is 1. The zero-order valence-corrected chi connectivity index (χ0v) is 14.3. The van der Waals surface area contributed by atoms with Crippen molar-refractivity contribution in [3.63, 3.8) is 0 Å². The number of rotatable bonds is 8. The Bertz CT molecular complexity index is 766. The lowest BCUT2D eigenvalue weighted by atomic mass is 10.0. The van der Waals surface area contributed by atoms with Crippen LogP contribution in [0.15, 0.2) is 35.2 Å². The molecule has 0 unspecified atom stereocenters. The van der Waals surface area contributed by atoms with Gasteiger partial charge in [0.05, 0.1) is 0 Å². The topological polar surface area (TPSA) is 74.6 Å². The predicted octanol–water partition coefficient (Wildman–Crippen LogP) is 4.70. The van der Waals surface area contributed by atoms with Gasteiger partial charge in [0.1, 0.15) is 10.6 Å². The van der Waals surface area contributed by atoms with Gasteiger partial charge in [-0.1, -0.05) is 63.3 Å². The monoisotopic (exact) mass is 336 g/mol. The van der Waals surface area contributed by atoms with Crippen molar-refractivity contribution in [1.29, 1.82) is 0 Å². The van der Waals surface area contributed by atoms with Crippen molar-refractivity contribution in [1.82, 2.24) is 0 Å². The van der Waals surface area contributed by atoms with Crippen LogP contribution in [0.1, 0.15) is 51.0 Å². The van der Waals surface area contributed by atoms with Gasteiger partial charge in [-0.2, -0.15) is 8.42 Å².